The van der Waals surface area contributed by atoms with Crippen LogP contribution in [0.3, 0.4) is 0 Å². The third-order valence-electron chi connectivity index (χ3n) is 2.79. The van der Waals surface area contributed by atoms with Crippen molar-refractivity contribution < 1.29 is 4.42 Å². The van der Waals surface area contributed by atoms with Gasteiger partial charge in [0.05, 0.1) is 6.26 Å². The number of furan rings is 1. The second-order valence-corrected chi connectivity index (χ2v) is 4.07. The largest absolute Gasteiger partial charge is 0.460 e. The van der Waals surface area contributed by atoms with Crippen LogP contribution < -0.4 is 0 Å². The average Bonchev–Trinajstić information content (AvgIpc) is 2.71. The average molecular weight is 201 g/mol. The molecule has 0 aliphatic carbocycles. The van der Waals surface area contributed by atoms with Gasteiger partial charge in [0.1, 0.15) is 0 Å². The minimum Gasteiger partial charge on any atom is -0.460 e. The fourth-order valence-electron chi connectivity index (χ4n) is 1.87. The molecule has 2 aromatic rings. The maximum Gasteiger partial charge on any atom is 0.177 e. The monoisotopic (exact) mass is 201 g/mol. The normalized spacial score (nSPS) is 11.0. The second kappa shape index (κ2) is 5.01. The van der Waals surface area contributed by atoms with Crippen molar-refractivity contribution in [2.45, 2.75) is 39.0 Å². The first-order valence-corrected chi connectivity index (χ1v) is 5.78. The van der Waals surface area contributed by atoms with Gasteiger partial charge in [-0.25, -0.2) is 0 Å². The summed E-state index contributed by atoms with van der Waals surface area (Å²) in [6.45, 7) is 2.24. The van der Waals surface area contributed by atoms with E-state index in [1.165, 1.54) is 43.1 Å². The highest BCUT2D eigenvalue weighted by Gasteiger charge is 1.98. The topological polar surface area (TPSA) is 13.1 Å². The number of unbranched alkanes of at least 4 members (excludes halogenated alkanes) is 3. The van der Waals surface area contributed by atoms with Crippen molar-refractivity contribution in [3.05, 3.63) is 36.3 Å². The Hall–Kier alpha value is -1.24. The molecule has 79 valence electrons. The quantitative estimate of drug-likeness (QED) is 0.655. The lowest BCUT2D eigenvalue weighted by Gasteiger charge is -2.00. The van der Waals surface area contributed by atoms with Gasteiger partial charge in [-0.05, 0) is 24.5 Å². The van der Waals surface area contributed by atoms with Gasteiger partial charge in [0.25, 0.3) is 0 Å². The Bertz CT molecular complexity index is 414. The van der Waals surface area contributed by atoms with Gasteiger partial charge in [-0.3, -0.25) is 0 Å². The van der Waals surface area contributed by atoms with E-state index >= 15 is 0 Å². The van der Waals surface area contributed by atoms with Crippen LogP contribution in [0.15, 0.2) is 28.9 Å². The lowest BCUT2D eigenvalue weighted by molar-refractivity contribution is 0.563. The minimum atomic E-state index is 1.08. The first kappa shape index (κ1) is 10.3. The van der Waals surface area contributed by atoms with E-state index in [9.17, 15) is 0 Å². The number of hydrogen-bond donors (Lipinski definition) is 0. The van der Waals surface area contributed by atoms with E-state index in [0.717, 1.165) is 5.39 Å². The standard InChI is InChI=1S/C14H17O/c1-2-3-4-5-6-12-7-8-13-10-15-11-14(13)9-12/h7-9,11H,2-6H2,1H3. The lowest BCUT2D eigenvalue weighted by Crippen LogP contribution is -1.85. The third kappa shape index (κ3) is 2.62. The van der Waals surface area contributed by atoms with Gasteiger partial charge in [-0.15, -0.1) is 0 Å². The summed E-state index contributed by atoms with van der Waals surface area (Å²) in [5.74, 6) is 0. The summed E-state index contributed by atoms with van der Waals surface area (Å²) in [4.78, 5) is 0. The number of hydrogen-bond acceptors (Lipinski definition) is 1. The smallest absolute Gasteiger partial charge is 0.177 e. The lowest BCUT2D eigenvalue weighted by atomic mass is 10.0. The van der Waals surface area contributed by atoms with E-state index in [1.807, 2.05) is 0 Å². The summed E-state index contributed by atoms with van der Waals surface area (Å²) >= 11 is 0. The molecule has 0 saturated heterocycles. The first-order chi connectivity index (χ1) is 7.40. The van der Waals surface area contributed by atoms with E-state index in [2.05, 4.69) is 31.4 Å². The van der Waals surface area contributed by atoms with Gasteiger partial charge in [0.2, 0.25) is 0 Å². The zero-order chi connectivity index (χ0) is 10.5. The molecular formula is C14H17O. The molecule has 0 bridgehead atoms. The van der Waals surface area contributed by atoms with Crippen molar-refractivity contribution in [1.82, 2.24) is 0 Å². The summed E-state index contributed by atoms with van der Waals surface area (Å²) in [6.07, 6.45) is 11.1. The van der Waals surface area contributed by atoms with Crippen molar-refractivity contribution in [2.75, 3.05) is 0 Å². The molecule has 0 aliphatic rings. The molecule has 1 nitrogen and oxygen atoms in total. The van der Waals surface area contributed by atoms with Gasteiger partial charge in [-0.1, -0.05) is 38.3 Å². The fourth-order valence-corrected chi connectivity index (χ4v) is 1.87. The van der Waals surface area contributed by atoms with Crippen LogP contribution in [0.2, 0.25) is 0 Å². The van der Waals surface area contributed by atoms with Gasteiger partial charge < -0.3 is 4.42 Å². The van der Waals surface area contributed by atoms with Crippen molar-refractivity contribution in [1.29, 1.82) is 0 Å². The summed E-state index contributed by atoms with van der Waals surface area (Å²) in [5.41, 5.74) is 1.41. The van der Waals surface area contributed by atoms with Gasteiger partial charge in [0.15, 0.2) is 6.26 Å². The van der Waals surface area contributed by atoms with Crippen LogP contribution in [-0.4, -0.2) is 0 Å². The molecule has 1 aromatic heterocycles. The van der Waals surface area contributed by atoms with Crippen LogP contribution in [0.1, 0.15) is 38.2 Å². The second-order valence-electron chi connectivity index (χ2n) is 4.07. The van der Waals surface area contributed by atoms with E-state index < -0.39 is 0 Å². The number of fused-ring (bicyclic) bond motifs is 1. The molecule has 2 rings (SSSR count). The number of aryl methyl sites for hydroxylation is 1. The van der Waals surface area contributed by atoms with Crippen molar-refractivity contribution in [2.24, 2.45) is 0 Å². The molecule has 1 heterocycles. The van der Waals surface area contributed by atoms with E-state index in [1.54, 1.807) is 6.26 Å². The molecule has 0 aliphatic heterocycles. The summed E-state index contributed by atoms with van der Waals surface area (Å²) in [6, 6.07) is 6.48. The maximum absolute atomic E-state index is 5.04. The number of benzene rings is 1. The van der Waals surface area contributed by atoms with Crippen LogP contribution in [-0.2, 0) is 6.42 Å². The van der Waals surface area contributed by atoms with Gasteiger partial charge in [-0.2, -0.15) is 0 Å². The summed E-state index contributed by atoms with van der Waals surface area (Å²) in [5, 5.41) is 2.25. The highest BCUT2D eigenvalue weighted by atomic mass is 16.3. The molecule has 1 aromatic carbocycles. The molecule has 1 radical (unpaired) electrons. The van der Waals surface area contributed by atoms with Gasteiger partial charge >= 0.3 is 0 Å². The zero-order valence-electron chi connectivity index (χ0n) is 9.25. The predicted octanol–water partition coefficient (Wildman–Crippen LogP) is 4.36. The first-order valence-electron chi connectivity index (χ1n) is 5.78. The Labute approximate surface area is 91.1 Å². The van der Waals surface area contributed by atoms with Crippen molar-refractivity contribution in [3.63, 3.8) is 0 Å². The zero-order valence-corrected chi connectivity index (χ0v) is 9.25. The highest BCUT2D eigenvalue weighted by molar-refractivity contribution is 5.81. The van der Waals surface area contributed by atoms with Crippen molar-refractivity contribution >= 4 is 10.8 Å². The van der Waals surface area contributed by atoms with Crippen LogP contribution in [0.25, 0.3) is 10.8 Å². The Morgan fingerprint density at radius 3 is 3.00 bits per heavy atom. The SMILES string of the molecule is CCCCCCc1ccc2[c]occ2c1. The van der Waals surface area contributed by atoms with Crippen LogP contribution in [0.4, 0.5) is 0 Å². The Morgan fingerprint density at radius 2 is 2.13 bits per heavy atom. The molecule has 0 spiro atoms. The van der Waals surface area contributed by atoms with Crippen LogP contribution >= 0.6 is 0 Å². The highest BCUT2D eigenvalue weighted by Crippen LogP contribution is 2.17. The molecule has 0 N–H and O–H groups in total. The van der Waals surface area contributed by atoms with Crippen molar-refractivity contribution in [3.8, 4) is 0 Å². The molecular weight excluding hydrogens is 184 g/mol. The number of rotatable bonds is 5. The molecule has 0 unspecified atom stereocenters. The molecule has 15 heavy (non-hydrogen) atoms. The molecule has 0 atom stereocenters. The third-order valence-corrected chi connectivity index (χ3v) is 2.79. The fraction of sp³-hybridized carbons (Fsp3) is 0.429. The predicted molar refractivity (Wildman–Crippen MR) is 62.9 cm³/mol. The Morgan fingerprint density at radius 1 is 1.20 bits per heavy atom. The Kier molecular flexibility index (Phi) is 3.44. The molecule has 0 saturated carbocycles. The summed E-state index contributed by atoms with van der Waals surface area (Å²) in [7, 11) is 0. The summed E-state index contributed by atoms with van der Waals surface area (Å²) < 4.78 is 5.04. The molecule has 1 heteroatoms. The minimum absolute atomic E-state index is 1.08. The van der Waals surface area contributed by atoms with E-state index in [0.29, 0.717) is 0 Å². The van der Waals surface area contributed by atoms with Crippen LogP contribution in [0, 0.1) is 6.26 Å². The molecule has 0 fully saturated rings. The Balaban J connectivity index is 1.96. The molecule has 0 amide bonds. The maximum atomic E-state index is 5.04. The van der Waals surface area contributed by atoms with Crippen LogP contribution in [0.5, 0.6) is 0 Å². The van der Waals surface area contributed by atoms with E-state index in [-0.39, 0.29) is 0 Å². The van der Waals surface area contributed by atoms with Gasteiger partial charge in [0, 0.05) is 10.8 Å². The van der Waals surface area contributed by atoms with E-state index in [4.69, 9.17) is 4.42 Å².